The molecule has 5 nitrogen and oxygen atoms in total. The van der Waals surface area contributed by atoms with Gasteiger partial charge in [0, 0.05) is 18.8 Å². The molecule has 0 amide bonds. The molecule has 1 aliphatic heterocycles. The monoisotopic (exact) mass is 237 g/mol. The average Bonchev–Trinajstić information content (AvgIpc) is 2.95. The van der Waals surface area contributed by atoms with Crippen LogP contribution < -0.4 is 0 Å². The number of aromatic nitrogens is 2. The molecule has 1 fully saturated rings. The van der Waals surface area contributed by atoms with Gasteiger partial charge in [-0.1, -0.05) is 6.92 Å². The van der Waals surface area contributed by atoms with E-state index in [1.54, 1.807) is 10.9 Å². The quantitative estimate of drug-likeness (QED) is 0.842. The predicted octanol–water partition coefficient (Wildman–Crippen LogP) is 1.46. The Kier molecular flexibility index (Phi) is 3.78. The van der Waals surface area contributed by atoms with E-state index in [1.165, 1.54) is 25.6 Å². The van der Waals surface area contributed by atoms with Crippen molar-refractivity contribution in [1.82, 2.24) is 14.7 Å². The first-order valence-electron chi connectivity index (χ1n) is 6.20. The summed E-state index contributed by atoms with van der Waals surface area (Å²) in [7, 11) is 0. The molecule has 1 aromatic heterocycles. The number of carbonyl (C=O) groups is 1. The van der Waals surface area contributed by atoms with Crippen LogP contribution in [0.4, 0.5) is 0 Å². The lowest BCUT2D eigenvalue weighted by Crippen LogP contribution is -2.30. The van der Waals surface area contributed by atoms with Crippen LogP contribution in [0.3, 0.4) is 0 Å². The van der Waals surface area contributed by atoms with Gasteiger partial charge in [-0.25, -0.2) is 4.79 Å². The maximum absolute atomic E-state index is 10.7. The van der Waals surface area contributed by atoms with Crippen molar-refractivity contribution in [3.63, 3.8) is 0 Å². The van der Waals surface area contributed by atoms with Crippen molar-refractivity contribution in [3.05, 3.63) is 18.0 Å². The summed E-state index contributed by atoms with van der Waals surface area (Å²) in [6, 6.07) is 0.637. The molecule has 2 rings (SSSR count). The van der Waals surface area contributed by atoms with Crippen LogP contribution in [-0.2, 0) is 6.54 Å². The molecule has 0 aromatic carbocycles. The van der Waals surface area contributed by atoms with Gasteiger partial charge in [-0.2, -0.15) is 5.10 Å². The molecule has 0 unspecified atom stereocenters. The molecule has 0 spiro atoms. The van der Waals surface area contributed by atoms with E-state index in [9.17, 15) is 4.79 Å². The van der Waals surface area contributed by atoms with Crippen molar-refractivity contribution in [1.29, 1.82) is 0 Å². The summed E-state index contributed by atoms with van der Waals surface area (Å²) in [4.78, 5) is 13.2. The fourth-order valence-electron chi connectivity index (χ4n) is 2.52. The molecule has 5 heteroatoms. The van der Waals surface area contributed by atoms with Crippen LogP contribution in [0.5, 0.6) is 0 Å². The SMILES string of the molecule is CCN1CCC[C@H]1CCn1cc(C(=O)O)cn1. The van der Waals surface area contributed by atoms with Crippen LogP contribution in [-0.4, -0.2) is 44.9 Å². The summed E-state index contributed by atoms with van der Waals surface area (Å²) < 4.78 is 1.73. The summed E-state index contributed by atoms with van der Waals surface area (Å²) >= 11 is 0. The molecular weight excluding hydrogens is 218 g/mol. The van der Waals surface area contributed by atoms with E-state index in [0.29, 0.717) is 6.04 Å². The average molecular weight is 237 g/mol. The van der Waals surface area contributed by atoms with Gasteiger partial charge in [-0.05, 0) is 32.4 Å². The maximum atomic E-state index is 10.7. The third-order valence-electron chi connectivity index (χ3n) is 3.48. The van der Waals surface area contributed by atoms with Gasteiger partial charge in [0.25, 0.3) is 0 Å². The minimum absolute atomic E-state index is 0.267. The fraction of sp³-hybridized carbons (Fsp3) is 0.667. The maximum Gasteiger partial charge on any atom is 0.338 e. The lowest BCUT2D eigenvalue weighted by molar-refractivity contribution is 0.0697. The second-order valence-corrected chi connectivity index (χ2v) is 4.51. The largest absolute Gasteiger partial charge is 0.478 e. The third kappa shape index (κ3) is 2.85. The van der Waals surface area contributed by atoms with Gasteiger partial charge in [-0.15, -0.1) is 0 Å². The van der Waals surface area contributed by atoms with Crippen molar-refractivity contribution in [2.24, 2.45) is 0 Å². The Morgan fingerprint density at radius 2 is 2.47 bits per heavy atom. The van der Waals surface area contributed by atoms with Crippen molar-refractivity contribution >= 4 is 5.97 Å². The van der Waals surface area contributed by atoms with Crippen LogP contribution in [0, 0.1) is 0 Å². The van der Waals surface area contributed by atoms with Crippen LogP contribution in [0.25, 0.3) is 0 Å². The van der Waals surface area contributed by atoms with Crippen molar-refractivity contribution < 1.29 is 9.90 Å². The molecule has 1 aromatic rings. The summed E-state index contributed by atoms with van der Waals surface area (Å²) in [5.74, 6) is -0.910. The van der Waals surface area contributed by atoms with Gasteiger partial charge in [0.1, 0.15) is 0 Å². The number of aryl methyl sites for hydroxylation is 1. The number of aromatic carboxylic acids is 1. The van der Waals surface area contributed by atoms with E-state index in [-0.39, 0.29) is 5.56 Å². The van der Waals surface area contributed by atoms with E-state index in [0.717, 1.165) is 19.5 Å². The lowest BCUT2D eigenvalue weighted by Gasteiger charge is -2.22. The van der Waals surface area contributed by atoms with E-state index in [2.05, 4.69) is 16.9 Å². The predicted molar refractivity (Wildman–Crippen MR) is 64.1 cm³/mol. The smallest absolute Gasteiger partial charge is 0.338 e. The lowest BCUT2D eigenvalue weighted by atomic mass is 10.1. The fourth-order valence-corrected chi connectivity index (χ4v) is 2.52. The highest BCUT2D eigenvalue weighted by molar-refractivity contribution is 5.86. The Bertz CT molecular complexity index is 389. The highest BCUT2D eigenvalue weighted by atomic mass is 16.4. The van der Waals surface area contributed by atoms with Crippen LogP contribution in [0.2, 0.25) is 0 Å². The zero-order chi connectivity index (χ0) is 12.3. The number of hydrogen-bond donors (Lipinski definition) is 1. The molecule has 1 aliphatic rings. The first-order valence-corrected chi connectivity index (χ1v) is 6.20. The normalized spacial score (nSPS) is 20.9. The van der Waals surface area contributed by atoms with Gasteiger partial charge in [0.2, 0.25) is 0 Å². The molecule has 2 heterocycles. The standard InChI is InChI=1S/C12H19N3O2/c1-2-14-6-3-4-11(14)5-7-15-9-10(8-13-15)12(16)17/h8-9,11H,2-7H2,1H3,(H,16,17)/t11-/m0/s1. The first-order chi connectivity index (χ1) is 8.20. The Morgan fingerprint density at radius 1 is 1.65 bits per heavy atom. The Hall–Kier alpha value is -1.36. The number of carboxylic acids is 1. The summed E-state index contributed by atoms with van der Waals surface area (Å²) in [6.45, 7) is 5.29. The number of likely N-dealkylation sites (tertiary alicyclic amines) is 1. The third-order valence-corrected chi connectivity index (χ3v) is 3.48. The Morgan fingerprint density at radius 3 is 3.12 bits per heavy atom. The summed E-state index contributed by atoms with van der Waals surface area (Å²) in [6.07, 6.45) is 6.59. The zero-order valence-corrected chi connectivity index (χ0v) is 10.2. The van der Waals surface area contributed by atoms with E-state index in [4.69, 9.17) is 5.11 Å². The molecule has 1 N–H and O–H groups in total. The van der Waals surface area contributed by atoms with Gasteiger partial charge in [-0.3, -0.25) is 4.68 Å². The molecule has 17 heavy (non-hydrogen) atoms. The van der Waals surface area contributed by atoms with Gasteiger partial charge in [0.05, 0.1) is 11.8 Å². The van der Waals surface area contributed by atoms with Crippen molar-refractivity contribution in [2.75, 3.05) is 13.1 Å². The van der Waals surface area contributed by atoms with E-state index >= 15 is 0 Å². The topological polar surface area (TPSA) is 58.4 Å². The first kappa shape index (κ1) is 12.1. The van der Waals surface area contributed by atoms with Crippen LogP contribution in [0.15, 0.2) is 12.4 Å². The number of carboxylic acid groups (broad SMARTS) is 1. The minimum Gasteiger partial charge on any atom is -0.478 e. The molecule has 0 saturated carbocycles. The molecule has 1 saturated heterocycles. The Balaban J connectivity index is 1.86. The molecule has 0 bridgehead atoms. The van der Waals surface area contributed by atoms with Gasteiger partial charge < -0.3 is 10.0 Å². The second kappa shape index (κ2) is 5.31. The molecular formula is C12H19N3O2. The summed E-state index contributed by atoms with van der Waals surface area (Å²) in [5.41, 5.74) is 0.267. The molecule has 1 atom stereocenters. The highest BCUT2D eigenvalue weighted by Crippen LogP contribution is 2.19. The number of hydrogen-bond acceptors (Lipinski definition) is 3. The van der Waals surface area contributed by atoms with Crippen molar-refractivity contribution in [3.8, 4) is 0 Å². The number of nitrogens with zero attached hydrogens (tertiary/aromatic N) is 3. The van der Waals surface area contributed by atoms with Crippen molar-refractivity contribution in [2.45, 2.75) is 38.8 Å². The molecule has 94 valence electrons. The van der Waals surface area contributed by atoms with E-state index < -0.39 is 5.97 Å². The molecule has 0 aliphatic carbocycles. The van der Waals surface area contributed by atoms with Crippen LogP contribution >= 0.6 is 0 Å². The molecule has 0 radical (unpaired) electrons. The van der Waals surface area contributed by atoms with Crippen LogP contribution in [0.1, 0.15) is 36.5 Å². The van der Waals surface area contributed by atoms with E-state index in [1.807, 2.05) is 0 Å². The zero-order valence-electron chi connectivity index (χ0n) is 10.2. The Labute approximate surface area is 101 Å². The highest BCUT2D eigenvalue weighted by Gasteiger charge is 2.22. The second-order valence-electron chi connectivity index (χ2n) is 4.51. The minimum atomic E-state index is -0.910. The van der Waals surface area contributed by atoms with Gasteiger partial charge >= 0.3 is 5.97 Å². The van der Waals surface area contributed by atoms with Gasteiger partial charge in [0.15, 0.2) is 0 Å². The number of rotatable bonds is 5. The summed E-state index contributed by atoms with van der Waals surface area (Å²) in [5, 5.41) is 12.9.